The van der Waals surface area contributed by atoms with Crippen molar-refractivity contribution in [1.82, 2.24) is 0 Å². The Morgan fingerprint density at radius 1 is 0.733 bits per heavy atom. The van der Waals surface area contributed by atoms with E-state index in [4.69, 9.17) is 0 Å². The fourth-order valence-corrected chi connectivity index (χ4v) is 2.22. The topological polar surface area (TPSA) is 0 Å². The van der Waals surface area contributed by atoms with Gasteiger partial charge < -0.3 is 0 Å². The number of rotatable bonds is 0. The molecule has 0 aliphatic carbocycles. The minimum atomic E-state index is 1.22. The Balaban J connectivity index is 0. The van der Waals surface area contributed by atoms with Gasteiger partial charge in [-0.1, -0.05) is 65.8 Å². The zero-order valence-electron chi connectivity index (χ0n) is 11.1. The molecule has 0 saturated heterocycles. The van der Waals surface area contributed by atoms with Crippen molar-refractivity contribution >= 4 is 11.8 Å². The van der Waals surface area contributed by atoms with E-state index in [0.717, 1.165) is 0 Å². The van der Waals surface area contributed by atoms with Crippen LogP contribution in [0.15, 0.2) is 24.3 Å². The number of thioether (sulfide) groups is 1. The first kappa shape index (κ1) is 17.0. The molecular formula is C14H26S. The first-order valence-corrected chi connectivity index (χ1v) is 7.27. The molecule has 0 nitrogen and oxygen atoms in total. The molecule has 88 valence electrons. The monoisotopic (exact) mass is 226 g/mol. The highest BCUT2D eigenvalue weighted by Gasteiger charge is 2.07. The van der Waals surface area contributed by atoms with Crippen LogP contribution in [0.25, 0.3) is 0 Å². The normalized spacial score (nSPS) is 10.5. The van der Waals surface area contributed by atoms with Gasteiger partial charge in [0.2, 0.25) is 0 Å². The third-order valence-electron chi connectivity index (χ3n) is 1.63. The van der Waals surface area contributed by atoms with E-state index in [0.29, 0.717) is 0 Å². The molecule has 2 rings (SSSR count). The molecule has 1 heteroatoms. The molecule has 0 aromatic heterocycles. The van der Waals surface area contributed by atoms with Gasteiger partial charge in [0.25, 0.3) is 0 Å². The van der Waals surface area contributed by atoms with Crippen LogP contribution >= 0.6 is 11.8 Å². The molecule has 0 fully saturated rings. The summed E-state index contributed by atoms with van der Waals surface area (Å²) >= 11 is 2.00. The van der Waals surface area contributed by atoms with Crippen molar-refractivity contribution in [2.75, 3.05) is 0 Å². The van der Waals surface area contributed by atoms with Gasteiger partial charge in [0.1, 0.15) is 0 Å². The van der Waals surface area contributed by atoms with E-state index < -0.39 is 0 Å². The average molecular weight is 226 g/mol. The molecule has 0 bridgehead atoms. The molecule has 0 unspecified atom stereocenters. The lowest BCUT2D eigenvalue weighted by Crippen LogP contribution is -1.77. The van der Waals surface area contributed by atoms with Gasteiger partial charge in [-0.25, -0.2) is 0 Å². The van der Waals surface area contributed by atoms with Crippen molar-refractivity contribution in [3.05, 3.63) is 35.4 Å². The quantitative estimate of drug-likeness (QED) is 0.562. The van der Waals surface area contributed by atoms with Crippen molar-refractivity contribution in [3.8, 4) is 0 Å². The summed E-state index contributed by atoms with van der Waals surface area (Å²) in [5.41, 5.74) is 3.06. The van der Waals surface area contributed by atoms with Gasteiger partial charge in [-0.15, -0.1) is 0 Å². The molecular weight excluding hydrogens is 200 g/mol. The first-order valence-electron chi connectivity index (χ1n) is 6.11. The molecule has 0 N–H and O–H groups in total. The van der Waals surface area contributed by atoms with Crippen molar-refractivity contribution < 1.29 is 0 Å². The summed E-state index contributed by atoms with van der Waals surface area (Å²) in [5, 5.41) is 0. The number of benzene rings is 1. The van der Waals surface area contributed by atoms with Crippen LogP contribution in [-0.2, 0) is 11.5 Å². The highest BCUT2D eigenvalue weighted by molar-refractivity contribution is 7.98. The molecule has 0 saturated carbocycles. The Hall–Kier alpha value is -0.430. The van der Waals surface area contributed by atoms with Crippen molar-refractivity contribution in [2.45, 2.75) is 53.0 Å². The van der Waals surface area contributed by atoms with E-state index in [1.165, 1.54) is 22.6 Å². The number of hydrogen-bond acceptors (Lipinski definition) is 1. The van der Waals surface area contributed by atoms with Gasteiger partial charge in [0, 0.05) is 11.5 Å². The number of fused-ring (bicyclic) bond motifs is 1. The van der Waals surface area contributed by atoms with Crippen LogP contribution < -0.4 is 0 Å². The Morgan fingerprint density at radius 2 is 1.07 bits per heavy atom. The van der Waals surface area contributed by atoms with Crippen LogP contribution in [0.4, 0.5) is 0 Å². The molecule has 1 aliphatic heterocycles. The summed E-state index contributed by atoms with van der Waals surface area (Å²) in [4.78, 5) is 0. The van der Waals surface area contributed by atoms with Crippen LogP contribution in [0, 0.1) is 0 Å². The molecule has 1 aromatic rings. The molecule has 1 heterocycles. The second-order valence-corrected chi connectivity index (χ2v) is 3.25. The standard InChI is InChI=1S/C8H8S.3C2H6/c1-2-4-8-6-9-5-7(8)3-1;3*1-2/h1-4H,5-6H2;3*1-2H3. The van der Waals surface area contributed by atoms with Crippen molar-refractivity contribution in [2.24, 2.45) is 0 Å². The van der Waals surface area contributed by atoms with Crippen LogP contribution in [-0.4, -0.2) is 0 Å². The third-order valence-corrected chi connectivity index (χ3v) is 2.66. The maximum Gasteiger partial charge on any atom is 0.0190 e. The smallest absolute Gasteiger partial charge is 0.0190 e. The summed E-state index contributed by atoms with van der Waals surface area (Å²) in [6.45, 7) is 12.0. The fourth-order valence-electron chi connectivity index (χ4n) is 1.11. The predicted molar refractivity (Wildman–Crippen MR) is 75.5 cm³/mol. The third kappa shape index (κ3) is 6.62. The Kier molecular flexibility index (Phi) is 15.4. The summed E-state index contributed by atoms with van der Waals surface area (Å²) < 4.78 is 0. The maximum atomic E-state index is 2.22. The molecule has 1 aromatic carbocycles. The van der Waals surface area contributed by atoms with E-state index in [1.54, 1.807) is 0 Å². The minimum Gasteiger partial charge on any atom is -0.152 e. The van der Waals surface area contributed by atoms with E-state index in [9.17, 15) is 0 Å². The molecule has 0 spiro atoms. The predicted octanol–water partition coefficient (Wildman–Crippen LogP) is 5.51. The van der Waals surface area contributed by atoms with E-state index in [2.05, 4.69) is 24.3 Å². The van der Waals surface area contributed by atoms with Gasteiger partial charge in [-0.2, -0.15) is 11.8 Å². The van der Waals surface area contributed by atoms with Gasteiger partial charge in [0.15, 0.2) is 0 Å². The maximum absolute atomic E-state index is 2.22. The van der Waals surface area contributed by atoms with Crippen LogP contribution in [0.5, 0.6) is 0 Å². The van der Waals surface area contributed by atoms with Crippen molar-refractivity contribution in [1.29, 1.82) is 0 Å². The second-order valence-electron chi connectivity index (χ2n) is 2.26. The molecule has 15 heavy (non-hydrogen) atoms. The summed E-state index contributed by atoms with van der Waals surface area (Å²) in [6, 6.07) is 8.67. The molecule has 0 atom stereocenters. The van der Waals surface area contributed by atoms with E-state index in [1.807, 2.05) is 53.3 Å². The lowest BCUT2D eigenvalue weighted by molar-refractivity contribution is 1.35. The zero-order valence-corrected chi connectivity index (χ0v) is 11.9. The highest BCUT2D eigenvalue weighted by Crippen LogP contribution is 2.28. The highest BCUT2D eigenvalue weighted by atomic mass is 32.2. The van der Waals surface area contributed by atoms with Gasteiger partial charge >= 0.3 is 0 Å². The SMILES string of the molecule is CC.CC.CC.c1ccc2c(c1)CSC2. The van der Waals surface area contributed by atoms with E-state index in [-0.39, 0.29) is 0 Å². The van der Waals surface area contributed by atoms with Gasteiger partial charge in [-0.3, -0.25) is 0 Å². The van der Waals surface area contributed by atoms with Crippen LogP contribution in [0.3, 0.4) is 0 Å². The van der Waals surface area contributed by atoms with Gasteiger partial charge in [0.05, 0.1) is 0 Å². The summed E-state index contributed by atoms with van der Waals surface area (Å²) in [5.74, 6) is 2.44. The summed E-state index contributed by atoms with van der Waals surface area (Å²) in [6.07, 6.45) is 0. The Bertz CT molecular complexity index is 195. The summed E-state index contributed by atoms with van der Waals surface area (Å²) in [7, 11) is 0. The molecule has 0 amide bonds. The second kappa shape index (κ2) is 13.6. The molecule has 0 radical (unpaired) electrons. The minimum absolute atomic E-state index is 1.22. The van der Waals surface area contributed by atoms with Crippen molar-refractivity contribution in [3.63, 3.8) is 0 Å². The Labute approximate surface area is 100 Å². The average Bonchev–Trinajstić information content (AvgIpc) is 2.85. The Morgan fingerprint density at radius 3 is 1.40 bits per heavy atom. The zero-order chi connectivity index (χ0) is 12.1. The lowest BCUT2D eigenvalue weighted by atomic mass is 10.1. The number of hydrogen-bond donors (Lipinski definition) is 0. The van der Waals surface area contributed by atoms with E-state index >= 15 is 0 Å². The van der Waals surface area contributed by atoms with Gasteiger partial charge in [-0.05, 0) is 11.1 Å². The molecule has 1 aliphatic rings. The largest absolute Gasteiger partial charge is 0.152 e. The first-order chi connectivity index (χ1) is 7.47. The lowest BCUT2D eigenvalue weighted by Gasteiger charge is -1.91. The van der Waals surface area contributed by atoms with Crippen LogP contribution in [0.2, 0.25) is 0 Å². The fraction of sp³-hybridized carbons (Fsp3) is 0.571. The van der Waals surface area contributed by atoms with Crippen LogP contribution in [0.1, 0.15) is 52.7 Å².